The Balaban J connectivity index is -0.0000000213. The molecular formula is C4H9Na3O5. The predicted molar refractivity (Wildman–Crippen MR) is 29.0 cm³/mol. The molecule has 8 heteroatoms. The Kier molecular flexibility index (Phi) is 30.2. The van der Waals surface area contributed by atoms with Crippen LogP contribution in [0, 0.1) is 0 Å². The Morgan fingerprint density at radius 3 is 1.92 bits per heavy atom. The molecule has 12 heavy (non-hydrogen) atoms. The van der Waals surface area contributed by atoms with Crippen LogP contribution < -0.4 is 88.7 Å². The van der Waals surface area contributed by atoms with Crippen LogP contribution in [-0.2, 0) is 14.3 Å². The van der Waals surface area contributed by atoms with Crippen molar-refractivity contribution in [3.8, 4) is 0 Å². The molecule has 0 spiro atoms. The van der Waals surface area contributed by atoms with E-state index in [4.69, 9.17) is 10.2 Å². The minimum Gasteiger partial charge on any atom is -1.00 e. The van der Waals surface area contributed by atoms with Crippen molar-refractivity contribution >= 4 is 11.9 Å². The van der Waals surface area contributed by atoms with E-state index in [1.165, 1.54) is 0 Å². The van der Waals surface area contributed by atoms with Crippen LogP contribution in [0.4, 0.5) is 0 Å². The summed E-state index contributed by atoms with van der Waals surface area (Å²) in [5.41, 5.74) is 0. The van der Waals surface area contributed by atoms with Gasteiger partial charge in [0.15, 0.2) is 0 Å². The van der Waals surface area contributed by atoms with E-state index < -0.39 is 11.9 Å². The number of rotatable bonds is 2. The number of hydrogen-bond acceptors (Lipinski definition) is 4. The van der Waals surface area contributed by atoms with Crippen LogP contribution in [0.3, 0.4) is 0 Å². The van der Waals surface area contributed by atoms with E-state index in [9.17, 15) is 9.59 Å². The summed E-state index contributed by atoms with van der Waals surface area (Å²) in [4.78, 5) is 19.6. The third kappa shape index (κ3) is 14.4. The Hall–Kier alpha value is 1.90. The molecule has 0 amide bonds. The van der Waals surface area contributed by atoms with E-state index in [2.05, 4.69) is 4.74 Å². The smallest absolute Gasteiger partial charge is 1.00 e. The normalized spacial score (nSPS) is 6.42. The maximum atomic E-state index is 9.97. The molecule has 0 aliphatic rings. The van der Waals surface area contributed by atoms with Gasteiger partial charge in [0.05, 0.1) is 6.61 Å². The summed E-state index contributed by atoms with van der Waals surface area (Å²) in [5, 5.41) is 15.9. The van der Waals surface area contributed by atoms with Crippen molar-refractivity contribution in [3.63, 3.8) is 0 Å². The molecule has 58 valence electrons. The molecule has 0 fully saturated rings. The van der Waals surface area contributed by atoms with E-state index in [0.717, 1.165) is 0 Å². The summed E-state index contributed by atoms with van der Waals surface area (Å²) >= 11 is 0. The molecule has 0 bridgehead atoms. The quantitative estimate of drug-likeness (QED) is 0.266. The van der Waals surface area contributed by atoms with Gasteiger partial charge in [0.25, 0.3) is 0 Å². The van der Waals surface area contributed by atoms with Crippen molar-refractivity contribution in [2.45, 2.75) is 0 Å². The molecule has 0 heterocycles. The molecule has 0 aromatic heterocycles. The zero-order valence-corrected chi connectivity index (χ0v) is 13.5. The largest absolute Gasteiger partial charge is 1.00 e. The van der Waals surface area contributed by atoms with Crippen molar-refractivity contribution in [2.24, 2.45) is 0 Å². The Morgan fingerprint density at radius 2 is 1.67 bits per heavy atom. The van der Waals surface area contributed by atoms with Crippen LogP contribution in [0.25, 0.3) is 0 Å². The van der Waals surface area contributed by atoms with Gasteiger partial charge in [-0.1, -0.05) is 0 Å². The third-order valence-corrected chi connectivity index (χ3v) is 0.499. The summed E-state index contributed by atoms with van der Waals surface area (Å²) in [5.74, 6) is -2.99. The van der Waals surface area contributed by atoms with E-state index in [-0.39, 0.29) is 106 Å². The average molecular weight is 206 g/mol. The molecule has 0 atom stereocenters. The summed E-state index contributed by atoms with van der Waals surface area (Å²) < 4.78 is 3.96. The Labute approximate surface area is 141 Å². The third-order valence-electron chi connectivity index (χ3n) is 0.499. The van der Waals surface area contributed by atoms with Crippen LogP contribution in [0.5, 0.6) is 0 Å². The van der Waals surface area contributed by atoms with Crippen LogP contribution in [0.1, 0.15) is 4.28 Å². The molecule has 0 aromatic rings. The molecule has 2 N–H and O–H groups in total. The predicted octanol–water partition coefficient (Wildman–Crippen LogP) is -10.0. The standard InChI is InChI=1S/C4H6O5.3Na.3H/c5-1-2-9-4(8)3(6)7;;;;;;/h5H,1-2H2,(H,6,7);;;;;;/q;3*+1;3*-1. The molecule has 0 rings (SSSR count). The SMILES string of the molecule is O=C(O)C(=O)OCCO.[H-].[H-].[H-].[Na+].[Na+].[Na+]. The van der Waals surface area contributed by atoms with Crippen LogP contribution in [-0.4, -0.2) is 35.4 Å². The second-order valence-electron chi connectivity index (χ2n) is 1.16. The van der Waals surface area contributed by atoms with Crippen molar-refractivity contribution < 1.29 is 117 Å². The maximum Gasteiger partial charge on any atom is 1.00 e. The second kappa shape index (κ2) is 15.4. The first-order chi connectivity index (χ1) is 4.18. The van der Waals surface area contributed by atoms with Gasteiger partial charge in [-0.2, -0.15) is 0 Å². The number of aliphatic hydroxyl groups excluding tert-OH is 1. The van der Waals surface area contributed by atoms with Crippen LogP contribution in [0.15, 0.2) is 0 Å². The number of esters is 1. The molecule has 5 nitrogen and oxygen atoms in total. The van der Waals surface area contributed by atoms with Crippen molar-refractivity contribution in [1.82, 2.24) is 0 Å². The number of carboxylic acid groups (broad SMARTS) is 1. The zero-order chi connectivity index (χ0) is 7.28. The number of carboxylic acids is 1. The first-order valence-corrected chi connectivity index (χ1v) is 2.19. The first kappa shape index (κ1) is 23.6. The van der Waals surface area contributed by atoms with Crippen molar-refractivity contribution in [1.29, 1.82) is 0 Å². The van der Waals surface area contributed by atoms with Gasteiger partial charge in [-0.25, -0.2) is 9.59 Å². The van der Waals surface area contributed by atoms with Gasteiger partial charge in [0.2, 0.25) is 0 Å². The van der Waals surface area contributed by atoms with Crippen LogP contribution in [0.2, 0.25) is 0 Å². The molecular weight excluding hydrogens is 197 g/mol. The van der Waals surface area contributed by atoms with E-state index in [1.807, 2.05) is 0 Å². The van der Waals surface area contributed by atoms with Crippen LogP contribution >= 0.6 is 0 Å². The van der Waals surface area contributed by atoms with E-state index in [0.29, 0.717) is 0 Å². The van der Waals surface area contributed by atoms with Gasteiger partial charge in [-0.3, -0.25) is 0 Å². The fourth-order valence-electron chi connectivity index (χ4n) is 0.200. The van der Waals surface area contributed by atoms with E-state index in [1.54, 1.807) is 0 Å². The van der Waals surface area contributed by atoms with Gasteiger partial charge in [-0.15, -0.1) is 0 Å². The summed E-state index contributed by atoms with van der Waals surface area (Å²) in [6.45, 7) is -0.635. The fourth-order valence-corrected chi connectivity index (χ4v) is 0.200. The van der Waals surface area contributed by atoms with Gasteiger partial charge >= 0.3 is 101 Å². The Bertz CT molecular complexity index is 139. The second-order valence-corrected chi connectivity index (χ2v) is 1.16. The monoisotopic (exact) mass is 206 g/mol. The van der Waals surface area contributed by atoms with Gasteiger partial charge in [0, 0.05) is 0 Å². The average Bonchev–Trinajstić information content (AvgIpc) is 1.82. The minimum atomic E-state index is -1.65. The number of hydrogen-bond donors (Lipinski definition) is 2. The molecule has 0 unspecified atom stereocenters. The van der Waals surface area contributed by atoms with E-state index >= 15 is 0 Å². The number of carbonyl (C=O) groups excluding carboxylic acids is 1. The van der Waals surface area contributed by atoms with Gasteiger partial charge < -0.3 is 19.2 Å². The summed E-state index contributed by atoms with van der Waals surface area (Å²) in [6, 6.07) is 0. The molecule has 0 saturated heterocycles. The molecule has 0 aliphatic carbocycles. The molecule has 0 aromatic carbocycles. The first-order valence-electron chi connectivity index (χ1n) is 2.19. The van der Waals surface area contributed by atoms with Crippen molar-refractivity contribution in [3.05, 3.63) is 0 Å². The summed E-state index contributed by atoms with van der Waals surface area (Å²) in [7, 11) is 0. The minimum absolute atomic E-state index is 0. The molecule has 0 aliphatic heterocycles. The number of aliphatic carboxylic acids is 1. The zero-order valence-electron chi connectivity index (χ0n) is 10.5. The van der Waals surface area contributed by atoms with Crippen molar-refractivity contribution in [2.75, 3.05) is 13.2 Å². The number of carbonyl (C=O) groups is 2. The van der Waals surface area contributed by atoms with Gasteiger partial charge in [0.1, 0.15) is 6.61 Å². The Morgan fingerprint density at radius 1 is 1.25 bits per heavy atom. The maximum absolute atomic E-state index is 9.97. The molecule has 0 saturated carbocycles. The molecule has 0 radical (unpaired) electrons. The number of ether oxygens (including phenoxy) is 1. The fraction of sp³-hybridized carbons (Fsp3) is 0.500. The topological polar surface area (TPSA) is 83.8 Å². The van der Waals surface area contributed by atoms with Gasteiger partial charge in [-0.05, 0) is 0 Å². The number of aliphatic hydroxyl groups is 1. The summed E-state index contributed by atoms with van der Waals surface area (Å²) in [6.07, 6.45) is 0.